The first-order valence-corrected chi connectivity index (χ1v) is 7.21. The van der Waals surface area contributed by atoms with Crippen molar-refractivity contribution in [1.29, 1.82) is 0 Å². The summed E-state index contributed by atoms with van der Waals surface area (Å²) in [6.45, 7) is -1.06. The predicted octanol–water partition coefficient (Wildman–Crippen LogP) is 1.57. The summed E-state index contributed by atoms with van der Waals surface area (Å²) in [6.07, 6.45) is -4.49. The second-order valence-electron chi connectivity index (χ2n) is 4.22. The molecule has 0 fully saturated rings. The van der Waals surface area contributed by atoms with Gasteiger partial charge in [-0.15, -0.1) is 0 Å². The summed E-state index contributed by atoms with van der Waals surface area (Å²) in [7, 11) is -4.22. The lowest BCUT2D eigenvalue weighted by atomic mass is 10.2. The van der Waals surface area contributed by atoms with E-state index in [1.165, 1.54) is 13.0 Å². The number of rotatable bonds is 6. The number of sulfonamides is 1. The first-order chi connectivity index (χ1) is 9.53. The van der Waals surface area contributed by atoms with Crippen LogP contribution in [0.1, 0.15) is 5.56 Å². The maximum atomic E-state index is 13.8. The van der Waals surface area contributed by atoms with Gasteiger partial charge in [-0.2, -0.15) is 13.2 Å². The van der Waals surface area contributed by atoms with Gasteiger partial charge in [0.25, 0.3) is 0 Å². The van der Waals surface area contributed by atoms with E-state index in [1.54, 1.807) is 0 Å². The molecule has 0 radical (unpaired) electrons. The monoisotopic (exact) mass is 330 g/mol. The predicted molar refractivity (Wildman–Crippen MR) is 67.6 cm³/mol. The molecule has 0 unspecified atom stereocenters. The zero-order valence-electron chi connectivity index (χ0n) is 11.0. The highest BCUT2D eigenvalue weighted by Crippen LogP contribution is 2.21. The highest BCUT2D eigenvalue weighted by atomic mass is 32.2. The van der Waals surface area contributed by atoms with E-state index >= 15 is 0 Å². The van der Waals surface area contributed by atoms with Gasteiger partial charge in [0.05, 0.1) is 6.61 Å². The van der Waals surface area contributed by atoms with Gasteiger partial charge < -0.3 is 10.5 Å². The van der Waals surface area contributed by atoms with E-state index in [9.17, 15) is 26.0 Å². The van der Waals surface area contributed by atoms with Crippen molar-refractivity contribution in [2.24, 2.45) is 0 Å². The molecule has 0 aliphatic carbocycles. The lowest BCUT2D eigenvalue weighted by molar-refractivity contribution is -0.173. The van der Waals surface area contributed by atoms with Crippen molar-refractivity contribution in [2.75, 3.05) is 25.5 Å². The standard InChI is InChI=1S/C11H14F4N2O3S/c1-7-4-8(16)5-9(10(7)12)21(18,19)17-2-3-20-6-11(13,14)15/h4-5,17H,2-3,6,16H2,1H3. The summed E-state index contributed by atoms with van der Waals surface area (Å²) in [5.41, 5.74) is 5.54. The molecule has 0 heterocycles. The number of alkyl halides is 3. The van der Waals surface area contributed by atoms with Gasteiger partial charge in [0.1, 0.15) is 17.3 Å². The van der Waals surface area contributed by atoms with Crippen LogP contribution >= 0.6 is 0 Å². The number of anilines is 1. The SMILES string of the molecule is Cc1cc(N)cc(S(=O)(=O)NCCOCC(F)(F)F)c1F. The Balaban J connectivity index is 2.67. The van der Waals surface area contributed by atoms with Crippen LogP contribution in [-0.4, -0.2) is 34.4 Å². The molecule has 0 spiro atoms. The van der Waals surface area contributed by atoms with Crippen molar-refractivity contribution < 1.29 is 30.7 Å². The highest BCUT2D eigenvalue weighted by molar-refractivity contribution is 7.89. The normalized spacial score (nSPS) is 12.6. The van der Waals surface area contributed by atoms with Crippen LogP contribution in [0.15, 0.2) is 17.0 Å². The zero-order chi connectivity index (χ0) is 16.3. The van der Waals surface area contributed by atoms with Gasteiger partial charge in [-0.25, -0.2) is 17.5 Å². The maximum absolute atomic E-state index is 13.8. The Kier molecular flexibility index (Phi) is 5.54. The second kappa shape index (κ2) is 6.58. The molecule has 21 heavy (non-hydrogen) atoms. The average molecular weight is 330 g/mol. The molecule has 0 saturated heterocycles. The lowest BCUT2D eigenvalue weighted by Crippen LogP contribution is -2.29. The van der Waals surface area contributed by atoms with Crippen LogP contribution in [0.2, 0.25) is 0 Å². The third-order valence-corrected chi connectivity index (χ3v) is 3.80. The van der Waals surface area contributed by atoms with E-state index in [-0.39, 0.29) is 11.3 Å². The van der Waals surface area contributed by atoms with Gasteiger partial charge in [0.2, 0.25) is 10.0 Å². The second-order valence-corrected chi connectivity index (χ2v) is 5.95. The Morgan fingerprint density at radius 2 is 1.95 bits per heavy atom. The van der Waals surface area contributed by atoms with Crippen LogP contribution in [0, 0.1) is 12.7 Å². The lowest BCUT2D eigenvalue weighted by Gasteiger charge is -2.11. The highest BCUT2D eigenvalue weighted by Gasteiger charge is 2.27. The number of benzene rings is 1. The summed E-state index contributed by atoms with van der Waals surface area (Å²) < 4.78 is 79.0. The molecule has 0 saturated carbocycles. The van der Waals surface area contributed by atoms with E-state index < -0.39 is 46.7 Å². The van der Waals surface area contributed by atoms with E-state index in [0.29, 0.717) is 0 Å². The molecular formula is C11H14F4N2O3S. The third-order valence-electron chi connectivity index (χ3n) is 2.34. The van der Waals surface area contributed by atoms with Gasteiger partial charge in [0, 0.05) is 12.2 Å². The summed E-state index contributed by atoms with van der Waals surface area (Å²) >= 11 is 0. The maximum Gasteiger partial charge on any atom is 0.411 e. The van der Waals surface area contributed by atoms with Crippen molar-refractivity contribution >= 4 is 15.7 Å². The van der Waals surface area contributed by atoms with Crippen LogP contribution < -0.4 is 10.5 Å². The van der Waals surface area contributed by atoms with Crippen molar-refractivity contribution in [3.05, 3.63) is 23.5 Å². The smallest absolute Gasteiger partial charge is 0.399 e. The number of ether oxygens (including phenoxy) is 1. The fourth-order valence-electron chi connectivity index (χ4n) is 1.47. The largest absolute Gasteiger partial charge is 0.411 e. The van der Waals surface area contributed by atoms with Crippen molar-refractivity contribution in [3.8, 4) is 0 Å². The number of nitrogens with one attached hydrogen (secondary N) is 1. The molecule has 0 atom stereocenters. The summed E-state index contributed by atoms with van der Waals surface area (Å²) in [5, 5.41) is 0. The Morgan fingerprint density at radius 3 is 2.52 bits per heavy atom. The molecule has 1 aromatic carbocycles. The topological polar surface area (TPSA) is 81.4 Å². The van der Waals surface area contributed by atoms with Gasteiger partial charge in [-0.05, 0) is 24.6 Å². The number of nitrogen functional groups attached to an aromatic ring is 1. The fourth-order valence-corrected chi connectivity index (χ4v) is 2.67. The van der Waals surface area contributed by atoms with Crippen LogP contribution in [-0.2, 0) is 14.8 Å². The van der Waals surface area contributed by atoms with Crippen LogP contribution in [0.25, 0.3) is 0 Å². The number of nitrogens with two attached hydrogens (primary N) is 1. The van der Waals surface area contributed by atoms with Gasteiger partial charge in [-0.1, -0.05) is 0 Å². The number of hydrogen-bond donors (Lipinski definition) is 2. The number of aryl methyl sites for hydroxylation is 1. The molecule has 1 aromatic rings. The Labute approximate surface area is 119 Å². The molecule has 0 amide bonds. The van der Waals surface area contributed by atoms with Gasteiger partial charge in [-0.3, -0.25) is 0 Å². The summed E-state index contributed by atoms with van der Waals surface area (Å²) in [6, 6.07) is 2.20. The third kappa shape index (κ3) is 5.48. The summed E-state index contributed by atoms with van der Waals surface area (Å²) in [4.78, 5) is -0.657. The van der Waals surface area contributed by atoms with Crippen LogP contribution in [0.5, 0.6) is 0 Å². The quantitative estimate of drug-likeness (QED) is 0.471. The molecule has 0 aromatic heterocycles. The molecule has 0 aliphatic heterocycles. The molecule has 120 valence electrons. The zero-order valence-corrected chi connectivity index (χ0v) is 11.8. The molecule has 0 bridgehead atoms. The minimum Gasteiger partial charge on any atom is -0.399 e. The van der Waals surface area contributed by atoms with E-state index in [0.717, 1.165) is 6.07 Å². The number of halogens is 4. The Hall–Kier alpha value is -1.39. The number of hydrogen-bond acceptors (Lipinski definition) is 4. The van der Waals surface area contributed by atoms with E-state index in [4.69, 9.17) is 5.73 Å². The van der Waals surface area contributed by atoms with E-state index in [1.807, 2.05) is 4.72 Å². The Bertz CT molecular complexity index is 602. The average Bonchev–Trinajstić information content (AvgIpc) is 2.31. The first-order valence-electron chi connectivity index (χ1n) is 5.73. The van der Waals surface area contributed by atoms with Crippen LogP contribution in [0.4, 0.5) is 23.2 Å². The van der Waals surface area contributed by atoms with Crippen molar-refractivity contribution in [2.45, 2.75) is 18.0 Å². The molecule has 0 aliphatic rings. The minimum absolute atomic E-state index is 0.0451. The first kappa shape index (κ1) is 17.7. The molecule has 1 rings (SSSR count). The van der Waals surface area contributed by atoms with Crippen LogP contribution in [0.3, 0.4) is 0 Å². The minimum atomic E-state index is -4.49. The van der Waals surface area contributed by atoms with Gasteiger partial charge in [0.15, 0.2) is 0 Å². The van der Waals surface area contributed by atoms with Gasteiger partial charge >= 0.3 is 6.18 Å². The molecule has 5 nitrogen and oxygen atoms in total. The summed E-state index contributed by atoms with van der Waals surface area (Å²) in [5.74, 6) is -0.965. The van der Waals surface area contributed by atoms with Crippen molar-refractivity contribution in [1.82, 2.24) is 4.72 Å². The van der Waals surface area contributed by atoms with Crippen molar-refractivity contribution in [3.63, 3.8) is 0 Å². The molecule has 10 heteroatoms. The van der Waals surface area contributed by atoms with E-state index in [2.05, 4.69) is 4.74 Å². The molecule has 3 N–H and O–H groups in total. The Morgan fingerprint density at radius 1 is 1.33 bits per heavy atom. The molecular weight excluding hydrogens is 316 g/mol. The fraction of sp³-hybridized carbons (Fsp3) is 0.455.